The minimum absolute atomic E-state index is 0.310. The molecule has 0 amide bonds. The van der Waals surface area contributed by atoms with E-state index < -0.39 is 0 Å². The summed E-state index contributed by atoms with van der Waals surface area (Å²) in [5.74, 6) is -0.628. The van der Waals surface area contributed by atoms with E-state index in [9.17, 15) is 8.78 Å². The van der Waals surface area contributed by atoms with Gasteiger partial charge >= 0.3 is 0 Å². The Morgan fingerprint density at radius 3 is 1.74 bits per heavy atom. The third-order valence-electron chi connectivity index (χ3n) is 3.72. The lowest BCUT2D eigenvalue weighted by molar-refractivity contribution is 0.626. The van der Waals surface area contributed by atoms with E-state index >= 15 is 0 Å². The van der Waals surface area contributed by atoms with Crippen molar-refractivity contribution >= 4 is 17.1 Å². The highest BCUT2D eigenvalue weighted by Gasteiger charge is 2.16. The second-order valence-electron chi connectivity index (χ2n) is 5.60. The van der Waals surface area contributed by atoms with Gasteiger partial charge in [0, 0.05) is 11.4 Å². The molecule has 0 fully saturated rings. The van der Waals surface area contributed by atoms with Crippen LogP contribution in [0, 0.1) is 25.5 Å². The standard InChI is InChI=1S/C20H17F2N/c1-14-3-8-17(9-4-14)23(18-10-6-16(21)7-11-18)20-12-5-15(2)13-19(20)22/h3-13H,1-2H3. The maximum absolute atomic E-state index is 14.5. The smallest absolute Gasteiger partial charge is 0.147 e. The lowest BCUT2D eigenvalue weighted by atomic mass is 10.1. The Morgan fingerprint density at radius 1 is 0.652 bits per heavy atom. The molecule has 0 aliphatic carbocycles. The number of rotatable bonds is 3. The fourth-order valence-corrected chi connectivity index (χ4v) is 2.50. The second-order valence-corrected chi connectivity index (χ2v) is 5.60. The molecule has 0 saturated carbocycles. The molecule has 3 heteroatoms. The van der Waals surface area contributed by atoms with Crippen molar-refractivity contribution in [3.8, 4) is 0 Å². The molecule has 1 nitrogen and oxygen atoms in total. The molecule has 0 bridgehead atoms. The van der Waals surface area contributed by atoms with Gasteiger partial charge in [-0.1, -0.05) is 23.8 Å². The molecule has 3 rings (SSSR count). The number of anilines is 3. The van der Waals surface area contributed by atoms with E-state index in [1.54, 1.807) is 23.1 Å². The summed E-state index contributed by atoms with van der Waals surface area (Å²) < 4.78 is 27.8. The highest BCUT2D eigenvalue weighted by atomic mass is 19.1. The predicted molar refractivity (Wildman–Crippen MR) is 90.5 cm³/mol. The van der Waals surface area contributed by atoms with E-state index in [1.165, 1.54) is 18.2 Å². The van der Waals surface area contributed by atoms with Gasteiger partial charge in [-0.05, 0) is 67.9 Å². The molecule has 3 aromatic rings. The summed E-state index contributed by atoms with van der Waals surface area (Å²) in [7, 11) is 0. The minimum atomic E-state index is -0.318. The molecule has 0 N–H and O–H groups in total. The zero-order chi connectivity index (χ0) is 16.4. The van der Waals surface area contributed by atoms with Gasteiger partial charge in [-0.3, -0.25) is 0 Å². The lowest BCUT2D eigenvalue weighted by Crippen LogP contribution is -2.11. The molecule has 0 aromatic heterocycles. The van der Waals surface area contributed by atoms with Crippen LogP contribution in [0.15, 0.2) is 66.7 Å². The Labute approximate surface area is 134 Å². The Hall–Kier alpha value is -2.68. The number of hydrogen-bond acceptors (Lipinski definition) is 1. The third kappa shape index (κ3) is 3.24. The van der Waals surface area contributed by atoms with Crippen molar-refractivity contribution in [2.45, 2.75) is 13.8 Å². The molecule has 0 spiro atoms. The van der Waals surface area contributed by atoms with E-state index in [0.717, 1.165) is 16.8 Å². The van der Waals surface area contributed by atoms with Gasteiger partial charge < -0.3 is 4.90 Å². The fraction of sp³-hybridized carbons (Fsp3) is 0.100. The first kappa shape index (κ1) is 15.2. The molecule has 23 heavy (non-hydrogen) atoms. The maximum Gasteiger partial charge on any atom is 0.147 e. The maximum atomic E-state index is 14.5. The van der Waals surface area contributed by atoms with Gasteiger partial charge in [0.25, 0.3) is 0 Å². The topological polar surface area (TPSA) is 3.24 Å². The van der Waals surface area contributed by atoms with Crippen LogP contribution in [-0.2, 0) is 0 Å². The number of hydrogen-bond donors (Lipinski definition) is 0. The molecule has 0 radical (unpaired) electrons. The molecule has 0 unspecified atom stereocenters. The molecule has 0 aliphatic rings. The first-order valence-electron chi connectivity index (χ1n) is 7.43. The minimum Gasteiger partial charge on any atom is -0.308 e. The largest absolute Gasteiger partial charge is 0.308 e. The van der Waals surface area contributed by atoms with Crippen molar-refractivity contribution in [3.05, 3.63) is 89.5 Å². The molecular formula is C20H17F2N. The van der Waals surface area contributed by atoms with E-state index in [0.29, 0.717) is 11.4 Å². The van der Waals surface area contributed by atoms with Crippen molar-refractivity contribution < 1.29 is 8.78 Å². The highest BCUT2D eigenvalue weighted by molar-refractivity contribution is 5.76. The highest BCUT2D eigenvalue weighted by Crippen LogP contribution is 2.36. The van der Waals surface area contributed by atoms with Crippen LogP contribution in [0.2, 0.25) is 0 Å². The number of aryl methyl sites for hydroxylation is 2. The van der Waals surface area contributed by atoms with Gasteiger partial charge in [0.2, 0.25) is 0 Å². The van der Waals surface area contributed by atoms with Gasteiger partial charge in [-0.25, -0.2) is 8.78 Å². The molecule has 0 heterocycles. The van der Waals surface area contributed by atoms with Crippen molar-refractivity contribution in [2.24, 2.45) is 0 Å². The Balaban J connectivity index is 2.16. The van der Waals surface area contributed by atoms with Crippen molar-refractivity contribution in [3.63, 3.8) is 0 Å². The molecule has 3 aromatic carbocycles. The summed E-state index contributed by atoms with van der Waals surface area (Å²) in [6.45, 7) is 3.85. The second kappa shape index (κ2) is 6.21. The Morgan fingerprint density at radius 2 is 1.17 bits per heavy atom. The Bertz CT molecular complexity index is 763. The summed E-state index contributed by atoms with van der Waals surface area (Å²) in [6, 6.07) is 19.0. The molecular weight excluding hydrogens is 292 g/mol. The first-order chi connectivity index (χ1) is 11.0. The van der Waals surface area contributed by atoms with E-state index in [2.05, 4.69) is 0 Å². The average Bonchev–Trinajstić information content (AvgIpc) is 2.53. The normalized spacial score (nSPS) is 10.6. The zero-order valence-corrected chi connectivity index (χ0v) is 13.1. The summed E-state index contributed by atoms with van der Waals surface area (Å²) in [5, 5.41) is 0. The van der Waals surface area contributed by atoms with Crippen LogP contribution >= 0.6 is 0 Å². The van der Waals surface area contributed by atoms with Gasteiger partial charge in [0.1, 0.15) is 11.6 Å². The summed E-state index contributed by atoms with van der Waals surface area (Å²) in [5.41, 5.74) is 3.94. The van der Waals surface area contributed by atoms with Crippen LogP contribution < -0.4 is 4.90 Å². The lowest BCUT2D eigenvalue weighted by Gasteiger charge is -2.26. The van der Waals surface area contributed by atoms with Gasteiger partial charge in [0.05, 0.1) is 5.69 Å². The first-order valence-corrected chi connectivity index (χ1v) is 7.43. The van der Waals surface area contributed by atoms with Gasteiger partial charge in [0.15, 0.2) is 0 Å². The van der Waals surface area contributed by atoms with Crippen LogP contribution in [0.4, 0.5) is 25.8 Å². The zero-order valence-electron chi connectivity index (χ0n) is 13.1. The molecule has 0 saturated heterocycles. The summed E-state index contributed by atoms with van der Waals surface area (Å²) >= 11 is 0. The summed E-state index contributed by atoms with van der Waals surface area (Å²) in [4.78, 5) is 1.79. The van der Waals surface area contributed by atoms with E-state index in [-0.39, 0.29) is 11.6 Å². The van der Waals surface area contributed by atoms with E-state index in [1.807, 2.05) is 44.2 Å². The third-order valence-corrected chi connectivity index (χ3v) is 3.72. The van der Waals surface area contributed by atoms with Crippen molar-refractivity contribution in [2.75, 3.05) is 4.90 Å². The predicted octanol–water partition coefficient (Wildman–Crippen LogP) is 6.05. The summed E-state index contributed by atoms with van der Waals surface area (Å²) in [6.07, 6.45) is 0. The monoisotopic (exact) mass is 309 g/mol. The van der Waals surface area contributed by atoms with Gasteiger partial charge in [-0.15, -0.1) is 0 Å². The Kier molecular flexibility index (Phi) is 4.11. The average molecular weight is 309 g/mol. The number of nitrogens with zero attached hydrogens (tertiary/aromatic N) is 1. The fourth-order valence-electron chi connectivity index (χ4n) is 2.50. The van der Waals surface area contributed by atoms with Crippen LogP contribution in [0.5, 0.6) is 0 Å². The number of halogens is 2. The molecule has 0 aliphatic heterocycles. The SMILES string of the molecule is Cc1ccc(N(c2ccc(F)cc2)c2ccc(C)cc2F)cc1. The molecule has 0 atom stereocenters. The molecule has 116 valence electrons. The quantitative estimate of drug-likeness (QED) is 0.569. The van der Waals surface area contributed by atoms with Crippen LogP contribution in [0.1, 0.15) is 11.1 Å². The van der Waals surface area contributed by atoms with Crippen LogP contribution in [0.25, 0.3) is 0 Å². The van der Waals surface area contributed by atoms with Crippen LogP contribution in [0.3, 0.4) is 0 Å². The van der Waals surface area contributed by atoms with E-state index in [4.69, 9.17) is 0 Å². The van der Waals surface area contributed by atoms with Crippen LogP contribution in [-0.4, -0.2) is 0 Å². The van der Waals surface area contributed by atoms with Gasteiger partial charge in [-0.2, -0.15) is 0 Å². The van der Waals surface area contributed by atoms with Crippen molar-refractivity contribution in [1.82, 2.24) is 0 Å². The van der Waals surface area contributed by atoms with Crippen molar-refractivity contribution in [1.29, 1.82) is 0 Å². The number of benzene rings is 3.